The second kappa shape index (κ2) is 6.72. The highest BCUT2D eigenvalue weighted by Crippen LogP contribution is 2.19. The normalized spacial score (nSPS) is 10.1. The van der Waals surface area contributed by atoms with E-state index >= 15 is 0 Å². The lowest BCUT2D eigenvalue weighted by Gasteiger charge is -2.07. The van der Waals surface area contributed by atoms with E-state index in [0.717, 1.165) is 0 Å². The Labute approximate surface area is 119 Å². The van der Waals surface area contributed by atoms with Crippen molar-refractivity contribution in [3.63, 3.8) is 0 Å². The van der Waals surface area contributed by atoms with Crippen LogP contribution in [0.4, 0.5) is 0 Å². The monoisotopic (exact) mass is 293 g/mol. The van der Waals surface area contributed by atoms with Gasteiger partial charge in [0.1, 0.15) is 17.2 Å². The first kappa shape index (κ1) is 14.1. The molecule has 2 rings (SSSR count). The van der Waals surface area contributed by atoms with Crippen LogP contribution in [0.25, 0.3) is 0 Å². The molecule has 20 heavy (non-hydrogen) atoms. The molecule has 0 saturated carbocycles. The van der Waals surface area contributed by atoms with Crippen LogP contribution in [0.2, 0.25) is 5.02 Å². The number of hydrogen-bond acceptors (Lipinski definition) is 4. The van der Waals surface area contributed by atoms with Crippen LogP contribution in [-0.2, 0) is 0 Å². The van der Waals surface area contributed by atoms with Crippen molar-refractivity contribution in [1.29, 1.82) is 0 Å². The van der Waals surface area contributed by atoms with Crippen molar-refractivity contribution in [2.45, 2.75) is 0 Å². The molecule has 0 fully saturated rings. The molecule has 2 heterocycles. The summed E-state index contributed by atoms with van der Waals surface area (Å²) in [5.74, 6) is -0.149. The highest BCUT2D eigenvalue weighted by molar-refractivity contribution is 6.31. The van der Waals surface area contributed by atoms with E-state index in [1.807, 2.05) is 0 Å². The molecule has 7 heteroatoms. The van der Waals surface area contributed by atoms with Gasteiger partial charge in [-0.3, -0.25) is 9.59 Å². The Balaban J connectivity index is 1.82. The number of hydrogen-bond donors (Lipinski definition) is 2. The van der Waals surface area contributed by atoms with Crippen LogP contribution in [0.5, 0.6) is 5.88 Å². The molecule has 0 unspecified atom stereocenters. The van der Waals surface area contributed by atoms with Crippen molar-refractivity contribution >= 4 is 17.5 Å². The van der Waals surface area contributed by atoms with Gasteiger partial charge in [0.05, 0.1) is 6.54 Å². The number of nitrogens with zero attached hydrogens (tertiary/aromatic N) is 1. The molecule has 2 N–H and O–H groups in total. The number of amides is 1. The van der Waals surface area contributed by atoms with E-state index in [4.69, 9.17) is 16.3 Å². The summed E-state index contributed by atoms with van der Waals surface area (Å²) in [5.41, 5.74) is -0.373. The Morgan fingerprint density at radius 2 is 2.25 bits per heavy atom. The molecule has 0 radical (unpaired) electrons. The van der Waals surface area contributed by atoms with E-state index in [0.29, 0.717) is 10.9 Å². The Kier molecular flexibility index (Phi) is 4.73. The molecule has 0 aliphatic heterocycles. The zero-order valence-electron chi connectivity index (χ0n) is 10.4. The molecule has 2 aromatic heterocycles. The minimum atomic E-state index is -0.456. The molecular weight excluding hydrogens is 282 g/mol. The maximum Gasteiger partial charge on any atom is 0.260 e. The van der Waals surface area contributed by atoms with Gasteiger partial charge in [-0.2, -0.15) is 0 Å². The van der Waals surface area contributed by atoms with Crippen LogP contribution in [-0.4, -0.2) is 29.0 Å². The SMILES string of the molecule is O=C(NCCOc1ncccc1Cl)c1ccc[nH]c1=O. The molecule has 2 aromatic rings. The van der Waals surface area contributed by atoms with Gasteiger partial charge in [-0.25, -0.2) is 4.98 Å². The second-order valence-corrected chi connectivity index (χ2v) is 4.21. The number of carbonyl (C=O) groups excluding carboxylic acids is 1. The average molecular weight is 294 g/mol. The van der Waals surface area contributed by atoms with Gasteiger partial charge in [0.15, 0.2) is 0 Å². The van der Waals surface area contributed by atoms with Gasteiger partial charge in [0, 0.05) is 12.4 Å². The Hall–Kier alpha value is -2.34. The highest BCUT2D eigenvalue weighted by Gasteiger charge is 2.08. The first-order chi connectivity index (χ1) is 9.68. The molecule has 1 amide bonds. The van der Waals surface area contributed by atoms with E-state index in [-0.39, 0.29) is 18.7 Å². The van der Waals surface area contributed by atoms with Crippen molar-refractivity contribution in [1.82, 2.24) is 15.3 Å². The van der Waals surface area contributed by atoms with Crippen LogP contribution in [0.3, 0.4) is 0 Å². The fourth-order valence-corrected chi connectivity index (χ4v) is 1.66. The maximum absolute atomic E-state index is 11.7. The van der Waals surface area contributed by atoms with Crippen LogP contribution in [0.15, 0.2) is 41.5 Å². The predicted octanol–water partition coefficient (Wildman–Crippen LogP) is 1.23. The van der Waals surface area contributed by atoms with Crippen molar-refractivity contribution < 1.29 is 9.53 Å². The lowest BCUT2D eigenvalue weighted by atomic mass is 10.2. The molecule has 0 spiro atoms. The van der Waals surface area contributed by atoms with E-state index in [2.05, 4.69) is 15.3 Å². The van der Waals surface area contributed by atoms with E-state index in [1.165, 1.54) is 12.3 Å². The van der Waals surface area contributed by atoms with E-state index in [9.17, 15) is 9.59 Å². The fourth-order valence-electron chi connectivity index (χ4n) is 1.49. The smallest absolute Gasteiger partial charge is 0.260 e. The molecule has 0 aliphatic rings. The van der Waals surface area contributed by atoms with Crippen LogP contribution >= 0.6 is 11.6 Å². The standard InChI is InChI=1S/C13H12ClN3O3/c14-10-4-2-6-17-13(10)20-8-7-16-12(19)9-3-1-5-15-11(9)18/h1-6H,7-8H2,(H,15,18)(H,16,19). The number of H-pyrrole nitrogens is 1. The number of rotatable bonds is 5. The number of aromatic nitrogens is 2. The van der Waals surface area contributed by atoms with Gasteiger partial charge >= 0.3 is 0 Å². The third-order valence-corrected chi connectivity index (χ3v) is 2.70. The van der Waals surface area contributed by atoms with Gasteiger partial charge in [-0.1, -0.05) is 11.6 Å². The molecule has 6 nitrogen and oxygen atoms in total. The summed E-state index contributed by atoms with van der Waals surface area (Å²) in [6, 6.07) is 6.38. The predicted molar refractivity (Wildman–Crippen MR) is 74.1 cm³/mol. The number of aromatic amines is 1. The van der Waals surface area contributed by atoms with Gasteiger partial charge in [0.25, 0.3) is 11.5 Å². The highest BCUT2D eigenvalue weighted by atomic mass is 35.5. The number of carbonyl (C=O) groups is 1. The summed E-state index contributed by atoms with van der Waals surface area (Å²) in [4.78, 5) is 29.5. The molecule has 0 aromatic carbocycles. The number of halogens is 1. The summed E-state index contributed by atoms with van der Waals surface area (Å²) < 4.78 is 5.31. The summed E-state index contributed by atoms with van der Waals surface area (Å²) >= 11 is 5.86. The third-order valence-electron chi connectivity index (χ3n) is 2.41. The Morgan fingerprint density at radius 1 is 1.40 bits per heavy atom. The minimum absolute atomic E-state index is 0.0587. The lowest BCUT2D eigenvalue weighted by molar-refractivity contribution is 0.0945. The van der Waals surface area contributed by atoms with Gasteiger partial charge < -0.3 is 15.0 Å². The van der Waals surface area contributed by atoms with Crippen LogP contribution in [0.1, 0.15) is 10.4 Å². The van der Waals surface area contributed by atoms with E-state index in [1.54, 1.807) is 24.4 Å². The molecule has 0 aliphatic carbocycles. The maximum atomic E-state index is 11.7. The molecule has 0 saturated heterocycles. The number of pyridine rings is 2. The fraction of sp³-hybridized carbons (Fsp3) is 0.154. The average Bonchev–Trinajstić information content (AvgIpc) is 2.45. The minimum Gasteiger partial charge on any atom is -0.475 e. The van der Waals surface area contributed by atoms with Crippen molar-refractivity contribution in [2.24, 2.45) is 0 Å². The van der Waals surface area contributed by atoms with Gasteiger partial charge in [-0.15, -0.1) is 0 Å². The van der Waals surface area contributed by atoms with Gasteiger partial charge in [-0.05, 0) is 24.3 Å². The van der Waals surface area contributed by atoms with Gasteiger partial charge in [0.2, 0.25) is 5.88 Å². The first-order valence-corrected chi connectivity index (χ1v) is 6.25. The molecule has 104 valence electrons. The summed E-state index contributed by atoms with van der Waals surface area (Å²) in [6.45, 7) is 0.438. The first-order valence-electron chi connectivity index (χ1n) is 5.87. The molecule has 0 atom stereocenters. The zero-order chi connectivity index (χ0) is 14.4. The summed E-state index contributed by atoms with van der Waals surface area (Å²) in [6.07, 6.45) is 3.02. The number of ether oxygens (including phenoxy) is 1. The largest absolute Gasteiger partial charge is 0.475 e. The van der Waals surface area contributed by atoms with Crippen molar-refractivity contribution in [3.05, 3.63) is 57.6 Å². The second-order valence-electron chi connectivity index (χ2n) is 3.81. The summed E-state index contributed by atoms with van der Waals surface area (Å²) in [7, 11) is 0. The molecular formula is C13H12ClN3O3. The zero-order valence-corrected chi connectivity index (χ0v) is 11.2. The summed E-state index contributed by atoms with van der Waals surface area (Å²) in [5, 5.41) is 2.98. The topological polar surface area (TPSA) is 84.1 Å². The Bertz CT molecular complexity index is 657. The van der Waals surface area contributed by atoms with Crippen LogP contribution in [0, 0.1) is 0 Å². The van der Waals surface area contributed by atoms with E-state index < -0.39 is 11.5 Å². The lowest BCUT2D eigenvalue weighted by Crippen LogP contribution is -2.32. The third kappa shape index (κ3) is 3.58. The Morgan fingerprint density at radius 3 is 3.00 bits per heavy atom. The molecule has 0 bridgehead atoms. The quantitative estimate of drug-likeness (QED) is 0.812. The number of nitrogens with one attached hydrogen (secondary N) is 2. The van der Waals surface area contributed by atoms with Crippen LogP contribution < -0.4 is 15.6 Å². The van der Waals surface area contributed by atoms with Crippen molar-refractivity contribution in [2.75, 3.05) is 13.2 Å². The van der Waals surface area contributed by atoms with Crippen molar-refractivity contribution in [3.8, 4) is 5.88 Å².